The smallest absolute Gasteiger partial charge is 0.505 e. The van der Waals surface area contributed by atoms with Crippen LogP contribution in [0.25, 0.3) is 66.7 Å². The summed E-state index contributed by atoms with van der Waals surface area (Å²) < 4.78 is 157. The van der Waals surface area contributed by atoms with Crippen molar-refractivity contribution in [3.05, 3.63) is 166 Å². The van der Waals surface area contributed by atoms with Crippen molar-refractivity contribution < 1.29 is 130 Å². The Labute approximate surface area is 754 Å². The molecule has 0 bridgehead atoms. The summed E-state index contributed by atoms with van der Waals surface area (Å²) in [5.41, 5.74) is 3.37. The molecule has 29 nitrogen and oxygen atoms in total. The lowest BCUT2D eigenvalue weighted by molar-refractivity contribution is -0.167. The molecule has 0 saturated carbocycles. The standard InChI is InChI=1S/C25H29NO5.C23H25NO5.C17H20F3NO7S.C16H21NO5.C15H21BO3/c1-6-28-24(27)23(31-25(3,4)5)18-10-12-20-22(26-15(2)30-20)21(18)17-9-11-19-16(14-17)8-7-13-29-19;1-13-24-20-18(28-13)10-8-16(21(22(25)26)29-23(2,3)4)19(20)15-7-9-17-14(12-15)6-5-11-27-17;1-6-25-15(22)14(27-16(3,4)5)10-7-8-11-12(21-9(2)26-11)13(10)28-29(23,24)17(18,19)20;1-6-20-15(19)14(22-16(3,4)5)10-7-8-11-12(13(10)18)17-9(2)21-11;1-14(2)15(3,4)19-16(18-14)12-7-8-13-11(10-12)6-5-9-17-13/h9-12,14,23H,6-8,13H2,1-5H3;7-10,12,21H,5-6,11H2,1-4H3,(H,25,26);7-8,14H,6H2,1-5H3;7-8,14,18H,6H2,1-5H3;7-8,10H,5-6,9H2,1-4H3. The second-order valence-electron chi connectivity index (χ2n) is 36.3. The molecule has 4 aromatic heterocycles. The fourth-order valence-corrected chi connectivity index (χ4v) is 15.2. The van der Waals surface area contributed by atoms with Gasteiger partial charge in [0.25, 0.3) is 0 Å². The number of fused-ring (bicyclic) bond motifs is 7. The number of esters is 3. The van der Waals surface area contributed by atoms with Crippen molar-refractivity contribution in [1.82, 2.24) is 19.9 Å². The number of aryl methyl sites for hydroxylation is 7. The van der Waals surface area contributed by atoms with Crippen LogP contribution in [0.15, 0.2) is 121 Å². The van der Waals surface area contributed by atoms with Crippen LogP contribution in [0.4, 0.5) is 13.2 Å². The molecule has 0 amide bonds. The zero-order valence-electron chi connectivity index (χ0n) is 77.8. The first-order valence-corrected chi connectivity index (χ1v) is 44.6. The van der Waals surface area contributed by atoms with Crippen LogP contribution < -0.4 is 23.9 Å². The number of carbonyl (C=O) groups excluding carboxylic acids is 3. The average molecular weight is 1830 g/mol. The topological polar surface area (TPSA) is 367 Å². The van der Waals surface area contributed by atoms with Crippen molar-refractivity contribution in [3.63, 3.8) is 0 Å². The summed E-state index contributed by atoms with van der Waals surface area (Å²) in [5, 5.41) is 20.4. The Kier molecular flexibility index (Phi) is 30.5. The molecule has 0 spiro atoms. The molecule has 4 aliphatic rings. The van der Waals surface area contributed by atoms with Crippen LogP contribution >= 0.6 is 0 Å². The van der Waals surface area contributed by atoms with E-state index in [1.807, 2.05) is 118 Å². The highest BCUT2D eigenvalue weighted by Crippen LogP contribution is 2.47. The Morgan fingerprint density at radius 3 is 1.15 bits per heavy atom. The quantitative estimate of drug-likeness (QED) is 0.0235. The largest absolute Gasteiger partial charge is 0.534 e. The monoisotopic (exact) mass is 1820 g/mol. The van der Waals surface area contributed by atoms with Gasteiger partial charge in [0, 0.05) is 61.1 Å². The van der Waals surface area contributed by atoms with E-state index in [1.165, 1.54) is 31.5 Å². The lowest BCUT2D eigenvalue weighted by atomic mass is 9.78. The molecule has 7 aromatic carbocycles. The molecule has 34 heteroatoms. The van der Waals surface area contributed by atoms with Crippen LogP contribution in [-0.4, -0.2) is 148 Å². The maximum absolute atomic E-state index is 13.0. The number of aromatic nitrogens is 4. The molecule has 4 aliphatic heterocycles. The molecule has 4 unspecified atom stereocenters. The minimum atomic E-state index is -6.06. The van der Waals surface area contributed by atoms with E-state index < -0.39 is 92.1 Å². The molecule has 4 atom stereocenters. The fraction of sp³-hybridized carbons (Fsp3) is 0.479. The average Bonchev–Trinajstić information content (AvgIpc) is 1.40. The summed E-state index contributed by atoms with van der Waals surface area (Å²) in [4.78, 5) is 67.0. The van der Waals surface area contributed by atoms with Crippen LogP contribution in [-0.2, 0) is 91.0 Å². The van der Waals surface area contributed by atoms with Gasteiger partial charge in [-0.15, -0.1) is 0 Å². The van der Waals surface area contributed by atoms with Gasteiger partial charge in [0.15, 0.2) is 92.8 Å². The Bertz CT molecular complexity index is 6030. The maximum atomic E-state index is 13.0. The molecular formula is C96H116BF3N4O25S. The van der Waals surface area contributed by atoms with Crippen molar-refractivity contribution in [1.29, 1.82) is 0 Å². The zero-order valence-corrected chi connectivity index (χ0v) is 78.6. The predicted octanol–water partition coefficient (Wildman–Crippen LogP) is 20.0. The van der Waals surface area contributed by atoms with Gasteiger partial charge in [-0.1, -0.05) is 36.4 Å². The van der Waals surface area contributed by atoms with Crippen LogP contribution in [0, 0.1) is 27.7 Å². The number of oxazole rings is 4. The summed E-state index contributed by atoms with van der Waals surface area (Å²) >= 11 is 0. The minimum Gasteiger partial charge on any atom is -0.505 e. The number of halogens is 3. The van der Waals surface area contributed by atoms with E-state index in [2.05, 4.69) is 70.0 Å². The van der Waals surface area contributed by atoms with Gasteiger partial charge >= 0.3 is 46.6 Å². The number of nitrogens with zero attached hydrogens (tertiary/aromatic N) is 4. The molecule has 130 heavy (non-hydrogen) atoms. The first-order valence-electron chi connectivity index (χ1n) is 43.1. The highest BCUT2D eigenvalue weighted by molar-refractivity contribution is 7.88. The third-order valence-electron chi connectivity index (χ3n) is 20.8. The molecule has 11 aromatic rings. The second-order valence-corrected chi connectivity index (χ2v) is 37.9. The van der Waals surface area contributed by atoms with Crippen molar-refractivity contribution in [2.75, 3.05) is 39.6 Å². The van der Waals surface area contributed by atoms with Gasteiger partial charge in [0.05, 0.1) is 73.2 Å². The van der Waals surface area contributed by atoms with E-state index in [4.69, 9.17) is 74.3 Å². The number of alkyl halides is 3. The normalized spacial score (nSPS) is 15.8. The number of phenolic OH excluding ortho intramolecular Hbond substituents is 1. The molecule has 15 rings (SSSR count). The van der Waals surface area contributed by atoms with Crippen molar-refractivity contribution in [3.8, 4) is 51.0 Å². The summed E-state index contributed by atoms with van der Waals surface area (Å²) in [7, 11) is -6.34. The molecule has 2 N–H and O–H groups in total. The van der Waals surface area contributed by atoms with E-state index in [0.29, 0.717) is 67.7 Å². The van der Waals surface area contributed by atoms with Gasteiger partial charge in [0.1, 0.15) is 28.3 Å². The highest BCUT2D eigenvalue weighted by atomic mass is 32.2. The van der Waals surface area contributed by atoms with Crippen LogP contribution in [0.3, 0.4) is 0 Å². The minimum absolute atomic E-state index is 0.0306. The predicted molar refractivity (Wildman–Crippen MR) is 479 cm³/mol. The first-order chi connectivity index (χ1) is 60.8. The molecule has 0 radical (unpaired) electrons. The molecule has 0 aliphatic carbocycles. The molecule has 1 saturated heterocycles. The molecular weight excluding hydrogens is 1710 g/mol. The van der Waals surface area contributed by atoms with E-state index in [-0.39, 0.29) is 66.4 Å². The third-order valence-corrected chi connectivity index (χ3v) is 21.7. The number of carboxylic acids is 1. The van der Waals surface area contributed by atoms with Gasteiger partial charge in [-0.05, 0) is 270 Å². The number of aromatic hydroxyl groups is 1. The van der Waals surface area contributed by atoms with Crippen molar-refractivity contribution >= 4 is 91.0 Å². The SMILES string of the molecule is CC1(C)OB(c2ccc3c(c2)CCCO3)OC1(C)C.CCOC(=O)C(OC(C)(C)C)c1ccc2oc(C)nc2c1-c1ccc2c(c1)CCCO2.CCOC(=O)C(OC(C)(C)C)c1ccc2oc(C)nc2c1O.CCOC(=O)C(OC(C)(C)C)c1ccc2oc(C)nc2c1OS(=O)(=O)C(F)(F)F.Cc1nc2c(-c3ccc4c(c3)CCCO4)c(C(OC(C)(C)C)C(=O)O)ccc2o1. The van der Waals surface area contributed by atoms with Gasteiger partial charge < -0.3 is 88.7 Å². The van der Waals surface area contributed by atoms with Gasteiger partial charge in [-0.2, -0.15) is 21.6 Å². The van der Waals surface area contributed by atoms with E-state index in [9.17, 15) is 51.0 Å². The van der Waals surface area contributed by atoms with Gasteiger partial charge in [0.2, 0.25) is 0 Å². The number of benzene rings is 7. The number of hydrogen-bond donors (Lipinski definition) is 2. The Morgan fingerprint density at radius 2 is 0.769 bits per heavy atom. The van der Waals surface area contributed by atoms with Crippen molar-refractivity contribution in [2.24, 2.45) is 0 Å². The van der Waals surface area contributed by atoms with E-state index in [1.54, 1.807) is 72.7 Å². The van der Waals surface area contributed by atoms with E-state index in [0.717, 1.165) is 114 Å². The summed E-state index contributed by atoms with van der Waals surface area (Å²) in [6, 6.07) is 31.3. The molecule has 700 valence electrons. The van der Waals surface area contributed by atoms with Crippen molar-refractivity contribution in [2.45, 2.75) is 261 Å². The highest BCUT2D eigenvalue weighted by Gasteiger charge is 2.53. The number of carboxylic acid groups (broad SMARTS) is 1. The van der Waals surface area contributed by atoms with Crippen LogP contribution in [0.5, 0.6) is 28.7 Å². The first kappa shape index (κ1) is 99.4. The van der Waals surface area contributed by atoms with Gasteiger partial charge in [-0.25, -0.2) is 39.1 Å². The molecule has 1 fully saturated rings. The summed E-state index contributed by atoms with van der Waals surface area (Å²) in [6.45, 7) is 44.4. The number of rotatable bonds is 20. The van der Waals surface area contributed by atoms with Gasteiger partial charge in [-0.3, -0.25) is 0 Å². The number of aliphatic carboxylic acids is 1. The summed E-state index contributed by atoms with van der Waals surface area (Å²) in [6.07, 6.45) is 1.36. The molecule has 8 heterocycles. The number of ether oxygens (including phenoxy) is 10. The third kappa shape index (κ3) is 24.2. The second kappa shape index (κ2) is 39.9. The Morgan fingerprint density at radius 1 is 0.446 bits per heavy atom. The number of phenols is 1. The number of carbonyl (C=O) groups is 4. The lowest BCUT2D eigenvalue weighted by Crippen LogP contribution is -2.41. The summed E-state index contributed by atoms with van der Waals surface area (Å²) in [5.74, 6) is 0.496. The van der Waals surface area contributed by atoms with Crippen LogP contribution in [0.1, 0.15) is 238 Å². The van der Waals surface area contributed by atoms with Crippen LogP contribution in [0.2, 0.25) is 0 Å². The van der Waals surface area contributed by atoms with E-state index >= 15 is 0 Å². The lowest BCUT2D eigenvalue weighted by Gasteiger charge is -2.32. The number of hydrogen-bond acceptors (Lipinski definition) is 28. The Hall–Kier alpha value is -11.1. The zero-order chi connectivity index (χ0) is 95.3. The Balaban J connectivity index is 0.000000159. The fourth-order valence-electron chi connectivity index (χ4n) is 14.7. The maximum Gasteiger partial charge on any atom is 0.534 e.